The van der Waals surface area contributed by atoms with Crippen LogP contribution in [0, 0.1) is 23.2 Å². The van der Waals surface area contributed by atoms with Gasteiger partial charge < -0.3 is 5.32 Å². The molecule has 0 radical (unpaired) electrons. The van der Waals surface area contributed by atoms with E-state index >= 15 is 0 Å². The Labute approximate surface area is 222 Å². The van der Waals surface area contributed by atoms with Crippen molar-refractivity contribution < 1.29 is 4.79 Å². The summed E-state index contributed by atoms with van der Waals surface area (Å²) in [5.74, 6) is 3.16. The van der Waals surface area contributed by atoms with Gasteiger partial charge in [-0.2, -0.15) is 0 Å². The molecule has 4 aliphatic carbocycles. The molecule has 2 aromatic rings. The van der Waals surface area contributed by atoms with Crippen molar-refractivity contribution in [3.8, 4) is 11.3 Å². The van der Waals surface area contributed by atoms with Gasteiger partial charge in [0.1, 0.15) is 0 Å². The summed E-state index contributed by atoms with van der Waals surface area (Å²) < 4.78 is 0. The minimum Gasteiger partial charge on any atom is -0.309 e. The Bertz CT molecular complexity index is 1170. The van der Waals surface area contributed by atoms with Crippen LogP contribution in [0.2, 0.25) is 0 Å². The summed E-state index contributed by atoms with van der Waals surface area (Å²) in [7, 11) is 0. The maximum Gasteiger partial charge on any atom is 0.229 e. The SMILES string of the molecule is C=C(/C=C\C=C/C)CC(=O)Nc1ncc(-c2ccccc2CCC)nc1CC12CC3CC(CC(C3)C1)C2. The number of amides is 1. The topological polar surface area (TPSA) is 54.9 Å². The van der Waals surface area contributed by atoms with Crippen LogP contribution in [-0.4, -0.2) is 15.9 Å². The molecular formula is C33H41N3O. The first kappa shape index (κ1) is 25.6. The Balaban J connectivity index is 1.44. The molecule has 4 fully saturated rings. The summed E-state index contributed by atoms with van der Waals surface area (Å²) in [5.41, 5.74) is 5.42. The molecular weight excluding hydrogens is 454 g/mol. The highest BCUT2D eigenvalue weighted by Gasteiger charge is 2.51. The van der Waals surface area contributed by atoms with Crippen LogP contribution in [0.4, 0.5) is 5.82 Å². The summed E-state index contributed by atoms with van der Waals surface area (Å²) in [6, 6.07) is 8.53. The highest BCUT2D eigenvalue weighted by molar-refractivity contribution is 5.92. The standard InChI is InChI=1S/C33H41N3O/c1-4-6-7-11-23(3)14-31(37)36-32-29(21-33-18-24-15-25(19-33)17-26(16-24)20-33)35-30(22-34-32)28-13-9-8-12-27(28)10-5-2/h4,6-9,11-13,22,24-26H,3,5,10,14-21H2,1-2H3,(H,34,36,37)/b6-4-,11-7-. The number of rotatable bonds is 10. The van der Waals surface area contributed by atoms with E-state index in [1.807, 2.05) is 37.4 Å². The minimum atomic E-state index is -0.0877. The van der Waals surface area contributed by atoms with Gasteiger partial charge in [0, 0.05) is 5.56 Å². The number of nitrogens with zero attached hydrogens (tertiary/aromatic N) is 2. The molecule has 0 spiro atoms. The molecule has 0 saturated heterocycles. The number of nitrogens with one attached hydrogen (secondary N) is 1. The predicted octanol–water partition coefficient (Wildman–Crippen LogP) is 7.87. The molecule has 4 saturated carbocycles. The lowest BCUT2D eigenvalue weighted by Gasteiger charge is -2.57. The average Bonchev–Trinajstić information content (AvgIpc) is 2.85. The van der Waals surface area contributed by atoms with Gasteiger partial charge in [-0.15, -0.1) is 0 Å². The fourth-order valence-electron chi connectivity index (χ4n) is 7.65. The first-order valence-electron chi connectivity index (χ1n) is 14.2. The molecule has 194 valence electrons. The summed E-state index contributed by atoms with van der Waals surface area (Å²) in [4.78, 5) is 23.0. The molecule has 4 nitrogen and oxygen atoms in total. The van der Waals surface area contributed by atoms with Crippen LogP contribution in [0.1, 0.15) is 76.5 Å². The number of anilines is 1. The van der Waals surface area contributed by atoms with E-state index in [0.717, 1.165) is 59.5 Å². The quantitative estimate of drug-likeness (QED) is 0.341. The zero-order chi connectivity index (χ0) is 25.8. The first-order valence-corrected chi connectivity index (χ1v) is 14.2. The molecule has 6 rings (SSSR count). The van der Waals surface area contributed by atoms with E-state index < -0.39 is 0 Å². The second-order valence-electron chi connectivity index (χ2n) is 11.8. The molecule has 4 heteroatoms. The van der Waals surface area contributed by atoms with Crippen molar-refractivity contribution >= 4 is 11.7 Å². The third-order valence-corrected chi connectivity index (χ3v) is 8.65. The number of hydrogen-bond donors (Lipinski definition) is 1. The molecule has 0 unspecified atom stereocenters. The van der Waals surface area contributed by atoms with Gasteiger partial charge >= 0.3 is 0 Å². The van der Waals surface area contributed by atoms with Gasteiger partial charge in [0.15, 0.2) is 5.82 Å². The minimum absolute atomic E-state index is 0.0877. The van der Waals surface area contributed by atoms with E-state index in [-0.39, 0.29) is 12.3 Å². The molecule has 1 N–H and O–H groups in total. The average molecular weight is 496 g/mol. The van der Waals surface area contributed by atoms with E-state index in [1.165, 1.54) is 44.1 Å². The molecule has 1 aromatic heterocycles. The Morgan fingerprint density at radius 1 is 1.11 bits per heavy atom. The summed E-state index contributed by atoms with van der Waals surface area (Å²) in [5, 5.41) is 3.11. The van der Waals surface area contributed by atoms with Crippen molar-refractivity contribution in [2.45, 2.75) is 78.1 Å². The zero-order valence-electron chi connectivity index (χ0n) is 22.5. The maximum absolute atomic E-state index is 13.0. The van der Waals surface area contributed by atoms with Gasteiger partial charge in [-0.05, 0) is 92.6 Å². The molecule has 0 atom stereocenters. The van der Waals surface area contributed by atoms with E-state index in [9.17, 15) is 4.79 Å². The van der Waals surface area contributed by atoms with Crippen molar-refractivity contribution in [3.63, 3.8) is 0 Å². The van der Waals surface area contributed by atoms with Gasteiger partial charge in [0.05, 0.1) is 24.0 Å². The van der Waals surface area contributed by atoms with Gasteiger partial charge in [-0.3, -0.25) is 4.79 Å². The van der Waals surface area contributed by atoms with Crippen LogP contribution in [0.3, 0.4) is 0 Å². The highest BCUT2D eigenvalue weighted by Crippen LogP contribution is 2.61. The molecule has 1 aromatic carbocycles. The highest BCUT2D eigenvalue weighted by atomic mass is 16.1. The predicted molar refractivity (Wildman–Crippen MR) is 152 cm³/mol. The van der Waals surface area contributed by atoms with Crippen molar-refractivity contribution in [1.82, 2.24) is 9.97 Å². The Morgan fingerprint density at radius 2 is 1.81 bits per heavy atom. The Kier molecular flexibility index (Phi) is 7.73. The van der Waals surface area contributed by atoms with Gasteiger partial charge in [-0.1, -0.05) is 68.5 Å². The third-order valence-electron chi connectivity index (χ3n) is 8.65. The summed E-state index contributed by atoms with van der Waals surface area (Å²) in [6.45, 7) is 8.22. The van der Waals surface area contributed by atoms with Crippen molar-refractivity contribution in [1.29, 1.82) is 0 Å². The second-order valence-corrected chi connectivity index (χ2v) is 11.8. The van der Waals surface area contributed by atoms with Gasteiger partial charge in [0.25, 0.3) is 0 Å². The molecule has 0 aliphatic heterocycles. The van der Waals surface area contributed by atoms with Crippen LogP contribution < -0.4 is 5.32 Å². The number of allylic oxidation sites excluding steroid dienone is 4. The van der Waals surface area contributed by atoms with E-state index in [1.54, 1.807) is 0 Å². The third kappa shape index (κ3) is 5.95. The van der Waals surface area contributed by atoms with Crippen molar-refractivity contribution in [2.24, 2.45) is 23.2 Å². The van der Waals surface area contributed by atoms with E-state index in [4.69, 9.17) is 9.97 Å². The molecule has 1 heterocycles. The Hall–Kier alpha value is -3.01. The number of hydrogen-bond acceptors (Lipinski definition) is 3. The van der Waals surface area contributed by atoms with Crippen molar-refractivity contribution in [3.05, 3.63) is 78.2 Å². The number of aromatic nitrogens is 2. The number of carbonyl (C=O) groups excluding carboxylic acids is 1. The fourth-order valence-corrected chi connectivity index (χ4v) is 7.65. The molecule has 4 aliphatic rings. The second kappa shape index (κ2) is 11.2. The molecule has 37 heavy (non-hydrogen) atoms. The van der Waals surface area contributed by atoms with Crippen LogP contribution in [0.25, 0.3) is 11.3 Å². The first-order chi connectivity index (χ1) is 18.0. The summed E-state index contributed by atoms with van der Waals surface area (Å²) in [6.07, 6.45) is 21.0. The van der Waals surface area contributed by atoms with E-state index in [2.05, 4.69) is 43.1 Å². The fraction of sp³-hybridized carbons (Fsp3) is 0.485. The van der Waals surface area contributed by atoms with Crippen molar-refractivity contribution in [2.75, 3.05) is 5.32 Å². The number of aryl methyl sites for hydroxylation is 1. The van der Waals surface area contributed by atoms with Crippen LogP contribution in [0.15, 0.2) is 66.9 Å². The molecule has 4 bridgehead atoms. The smallest absolute Gasteiger partial charge is 0.229 e. The van der Waals surface area contributed by atoms with Gasteiger partial charge in [-0.25, -0.2) is 9.97 Å². The van der Waals surface area contributed by atoms with E-state index in [0.29, 0.717) is 11.2 Å². The lowest BCUT2D eigenvalue weighted by molar-refractivity contribution is -0.115. The lowest BCUT2D eigenvalue weighted by Crippen LogP contribution is -2.47. The Morgan fingerprint density at radius 3 is 2.49 bits per heavy atom. The largest absolute Gasteiger partial charge is 0.309 e. The molecule has 1 amide bonds. The monoisotopic (exact) mass is 495 g/mol. The van der Waals surface area contributed by atoms with Crippen LogP contribution in [-0.2, 0) is 17.6 Å². The lowest BCUT2D eigenvalue weighted by atomic mass is 9.48. The van der Waals surface area contributed by atoms with Gasteiger partial charge in [0.2, 0.25) is 5.91 Å². The zero-order valence-corrected chi connectivity index (χ0v) is 22.5. The normalized spacial score (nSPS) is 26.3. The van der Waals surface area contributed by atoms with Crippen LogP contribution in [0.5, 0.6) is 0 Å². The van der Waals surface area contributed by atoms with Crippen LogP contribution >= 0.6 is 0 Å². The summed E-state index contributed by atoms with van der Waals surface area (Å²) >= 11 is 0. The number of carbonyl (C=O) groups is 1. The number of benzene rings is 1. The maximum atomic E-state index is 13.0.